The molecule has 0 aliphatic carbocycles. The van der Waals surface area contributed by atoms with E-state index in [1.54, 1.807) is 0 Å². The van der Waals surface area contributed by atoms with Crippen LogP contribution < -0.4 is 0 Å². The Morgan fingerprint density at radius 2 is 2.26 bits per heavy atom. The summed E-state index contributed by atoms with van der Waals surface area (Å²) in [5.41, 5.74) is 0. The Labute approximate surface area is 123 Å². The molecule has 1 aromatic rings. The van der Waals surface area contributed by atoms with Crippen LogP contribution in [0.2, 0.25) is 0 Å². The van der Waals surface area contributed by atoms with Gasteiger partial charge >= 0.3 is 5.97 Å². The number of aromatic nitrogens is 1. The number of pyridine rings is 1. The van der Waals surface area contributed by atoms with Gasteiger partial charge in [-0.25, -0.2) is 8.42 Å². The average Bonchev–Trinajstić information content (AvgIpc) is 2.38. The van der Waals surface area contributed by atoms with E-state index in [1.165, 1.54) is 30.2 Å². The second kappa shape index (κ2) is 5.78. The van der Waals surface area contributed by atoms with Gasteiger partial charge in [0.15, 0.2) is 0 Å². The monoisotopic (exact) mass is 366 g/mol. The van der Waals surface area contributed by atoms with Crippen LogP contribution in [0.4, 0.5) is 0 Å². The number of carboxylic acid groups (broad SMARTS) is 1. The van der Waals surface area contributed by atoms with Gasteiger partial charge in [0, 0.05) is 34.9 Å². The molecule has 0 bridgehead atoms. The largest absolute Gasteiger partial charge is 0.480 e. The van der Waals surface area contributed by atoms with Gasteiger partial charge in [0.2, 0.25) is 10.0 Å². The standard InChI is InChI=1S/C10H11BrN2O4S2/c11-7-3-8(5-12-4-7)19(16,17)13-1-2-18-6-9(13)10(14)15/h3-5,9H,1-2,6H2,(H,14,15). The highest BCUT2D eigenvalue weighted by atomic mass is 79.9. The number of sulfonamides is 1. The predicted octanol–water partition coefficient (Wildman–Crippen LogP) is 1.03. The SMILES string of the molecule is O=C(O)C1CSCCN1S(=O)(=O)c1cncc(Br)c1. The van der Waals surface area contributed by atoms with Crippen LogP contribution in [0.1, 0.15) is 0 Å². The van der Waals surface area contributed by atoms with Crippen molar-refractivity contribution in [2.45, 2.75) is 10.9 Å². The minimum absolute atomic E-state index is 0.0000231. The van der Waals surface area contributed by atoms with E-state index in [9.17, 15) is 13.2 Å². The maximum absolute atomic E-state index is 12.4. The fourth-order valence-electron chi connectivity index (χ4n) is 1.74. The Hall–Kier alpha value is -0.640. The first-order valence-electron chi connectivity index (χ1n) is 5.36. The number of hydrogen-bond donors (Lipinski definition) is 1. The zero-order valence-corrected chi connectivity index (χ0v) is 12.9. The molecule has 1 aliphatic heterocycles. The summed E-state index contributed by atoms with van der Waals surface area (Å²) in [6.45, 7) is 0.191. The summed E-state index contributed by atoms with van der Waals surface area (Å²) < 4.78 is 26.5. The van der Waals surface area contributed by atoms with Crippen molar-refractivity contribution in [1.82, 2.24) is 9.29 Å². The van der Waals surface area contributed by atoms with E-state index in [-0.39, 0.29) is 17.2 Å². The number of aliphatic carboxylic acids is 1. The lowest BCUT2D eigenvalue weighted by molar-refractivity contribution is -0.140. The first-order valence-corrected chi connectivity index (χ1v) is 8.74. The molecule has 104 valence electrons. The fraction of sp³-hybridized carbons (Fsp3) is 0.400. The summed E-state index contributed by atoms with van der Waals surface area (Å²) in [6.07, 6.45) is 2.69. The Bertz CT molecular complexity index is 593. The number of carboxylic acids is 1. The zero-order valence-electron chi connectivity index (χ0n) is 9.69. The highest BCUT2D eigenvalue weighted by Gasteiger charge is 2.38. The van der Waals surface area contributed by atoms with Crippen molar-refractivity contribution in [3.8, 4) is 0 Å². The van der Waals surface area contributed by atoms with Crippen LogP contribution in [0.5, 0.6) is 0 Å². The molecule has 2 rings (SSSR count). The van der Waals surface area contributed by atoms with Gasteiger partial charge < -0.3 is 5.11 Å². The number of carbonyl (C=O) groups is 1. The van der Waals surface area contributed by atoms with E-state index in [4.69, 9.17) is 5.11 Å². The van der Waals surface area contributed by atoms with Crippen molar-refractivity contribution in [3.63, 3.8) is 0 Å². The summed E-state index contributed by atoms with van der Waals surface area (Å²) in [4.78, 5) is 15.0. The van der Waals surface area contributed by atoms with E-state index >= 15 is 0 Å². The molecular weight excluding hydrogens is 356 g/mol. The van der Waals surface area contributed by atoms with Crippen LogP contribution in [0, 0.1) is 0 Å². The normalized spacial score (nSPS) is 21.2. The van der Waals surface area contributed by atoms with Crippen molar-refractivity contribution < 1.29 is 18.3 Å². The van der Waals surface area contributed by atoms with Gasteiger partial charge in [0.1, 0.15) is 10.9 Å². The van der Waals surface area contributed by atoms with E-state index in [0.717, 1.165) is 4.31 Å². The van der Waals surface area contributed by atoms with E-state index < -0.39 is 22.0 Å². The van der Waals surface area contributed by atoms with Gasteiger partial charge in [-0.1, -0.05) is 0 Å². The predicted molar refractivity (Wildman–Crippen MR) is 74.6 cm³/mol. The smallest absolute Gasteiger partial charge is 0.322 e. The highest BCUT2D eigenvalue weighted by molar-refractivity contribution is 9.10. The number of rotatable bonds is 3. The average molecular weight is 367 g/mol. The molecule has 19 heavy (non-hydrogen) atoms. The lowest BCUT2D eigenvalue weighted by Gasteiger charge is -2.31. The summed E-state index contributed by atoms with van der Waals surface area (Å²) in [7, 11) is -3.83. The molecule has 1 saturated heterocycles. The molecule has 0 aromatic carbocycles. The van der Waals surface area contributed by atoms with Crippen molar-refractivity contribution >= 4 is 43.7 Å². The Kier molecular flexibility index (Phi) is 4.49. The maximum Gasteiger partial charge on any atom is 0.322 e. The third kappa shape index (κ3) is 3.10. The summed E-state index contributed by atoms with van der Waals surface area (Å²) >= 11 is 4.59. The van der Waals surface area contributed by atoms with Crippen molar-refractivity contribution in [3.05, 3.63) is 22.9 Å². The first-order chi connectivity index (χ1) is 8.93. The molecular formula is C10H11BrN2O4S2. The van der Waals surface area contributed by atoms with Gasteiger partial charge in [-0.3, -0.25) is 9.78 Å². The first kappa shape index (κ1) is 14.8. The highest BCUT2D eigenvalue weighted by Crippen LogP contribution is 2.25. The van der Waals surface area contributed by atoms with E-state index in [0.29, 0.717) is 10.2 Å². The third-order valence-electron chi connectivity index (χ3n) is 2.65. The Balaban J connectivity index is 2.40. The van der Waals surface area contributed by atoms with Crippen LogP contribution in [-0.4, -0.2) is 52.9 Å². The van der Waals surface area contributed by atoms with Crippen LogP contribution in [0.15, 0.2) is 27.8 Å². The second-order valence-corrected chi connectivity index (χ2v) is 7.84. The van der Waals surface area contributed by atoms with Gasteiger partial charge in [0.05, 0.1) is 0 Å². The minimum atomic E-state index is -3.83. The van der Waals surface area contributed by atoms with Crippen LogP contribution in [-0.2, 0) is 14.8 Å². The molecule has 0 saturated carbocycles. The quantitative estimate of drug-likeness (QED) is 0.859. The molecule has 1 aromatic heterocycles. The fourth-order valence-corrected chi connectivity index (χ4v) is 5.08. The summed E-state index contributed by atoms with van der Waals surface area (Å²) in [6, 6.07) is 0.394. The van der Waals surface area contributed by atoms with Crippen LogP contribution in [0.25, 0.3) is 0 Å². The van der Waals surface area contributed by atoms with E-state index in [1.807, 2.05) is 0 Å². The molecule has 1 unspecified atom stereocenters. The maximum atomic E-state index is 12.4. The van der Waals surface area contributed by atoms with Gasteiger partial charge in [-0.2, -0.15) is 16.1 Å². The van der Waals surface area contributed by atoms with Gasteiger partial charge in [0.25, 0.3) is 0 Å². The molecule has 9 heteroatoms. The van der Waals surface area contributed by atoms with Crippen LogP contribution >= 0.6 is 27.7 Å². The minimum Gasteiger partial charge on any atom is -0.480 e. The second-order valence-electron chi connectivity index (χ2n) is 3.88. The van der Waals surface area contributed by atoms with Crippen LogP contribution in [0.3, 0.4) is 0 Å². The Morgan fingerprint density at radius 3 is 2.89 bits per heavy atom. The molecule has 0 amide bonds. The number of nitrogens with zero attached hydrogens (tertiary/aromatic N) is 2. The number of thioether (sulfide) groups is 1. The molecule has 1 N–H and O–H groups in total. The van der Waals surface area contributed by atoms with E-state index in [2.05, 4.69) is 20.9 Å². The van der Waals surface area contributed by atoms with Crippen molar-refractivity contribution in [2.24, 2.45) is 0 Å². The number of halogens is 1. The molecule has 0 radical (unpaired) electrons. The lowest BCUT2D eigenvalue weighted by Crippen LogP contribution is -2.50. The third-order valence-corrected chi connectivity index (χ3v) is 5.98. The topological polar surface area (TPSA) is 87.6 Å². The molecule has 1 fully saturated rings. The molecule has 1 aliphatic rings. The van der Waals surface area contributed by atoms with Gasteiger partial charge in [-0.15, -0.1) is 0 Å². The van der Waals surface area contributed by atoms with Crippen molar-refractivity contribution in [1.29, 1.82) is 0 Å². The Morgan fingerprint density at radius 1 is 1.53 bits per heavy atom. The zero-order chi connectivity index (χ0) is 14.0. The molecule has 0 spiro atoms. The molecule has 2 heterocycles. The summed E-state index contributed by atoms with van der Waals surface area (Å²) in [5, 5.41) is 9.13. The van der Waals surface area contributed by atoms with Crippen molar-refractivity contribution in [2.75, 3.05) is 18.1 Å². The summed E-state index contributed by atoms with van der Waals surface area (Å²) in [5.74, 6) is -0.279. The number of hydrogen-bond acceptors (Lipinski definition) is 5. The molecule has 1 atom stereocenters. The lowest BCUT2D eigenvalue weighted by atomic mass is 10.3. The molecule has 6 nitrogen and oxygen atoms in total. The van der Waals surface area contributed by atoms with Gasteiger partial charge in [-0.05, 0) is 22.0 Å².